The molecule has 0 saturated carbocycles. The van der Waals surface area contributed by atoms with E-state index in [1.165, 1.54) is 6.07 Å². The molecule has 0 spiro atoms. The van der Waals surface area contributed by atoms with Crippen molar-refractivity contribution in [2.75, 3.05) is 19.8 Å². The fraction of sp³-hybridized carbons (Fsp3) is 0.294. The average Bonchev–Trinajstić information content (AvgIpc) is 3.77. The summed E-state index contributed by atoms with van der Waals surface area (Å²) in [7, 11) is 0. The third kappa shape index (κ3) is 9.96. The Balaban J connectivity index is 1.21. The standard InChI is InChI=1S/C51H51FO8/c1-2-55-45-24-23-40(28-44(45)52)27-42-30-43(29-41-25-26-56-47(41)42)51(53)50(59-34-39-21-13-6-14-22-39)49(58-33-38-19-11-5-12-20-38)48(57-32-37-17-9-4-10-18-37)46(60-51)35-54-31-36-15-7-3-8-16-36/h3-24,28-30,46,48-50,53H,2,25-27,31-35H2,1H3/t46-,48-,49+,50-,51?/m1/s1. The van der Waals surface area contributed by atoms with Crippen LogP contribution in [0.15, 0.2) is 152 Å². The first-order chi connectivity index (χ1) is 29.5. The molecule has 2 heterocycles. The Morgan fingerprint density at radius 2 is 1.22 bits per heavy atom. The van der Waals surface area contributed by atoms with Crippen LogP contribution in [-0.4, -0.2) is 49.3 Å². The summed E-state index contributed by atoms with van der Waals surface area (Å²) in [5.41, 5.74) is 6.72. The van der Waals surface area contributed by atoms with Crippen LogP contribution >= 0.6 is 0 Å². The van der Waals surface area contributed by atoms with E-state index < -0.39 is 36.0 Å². The first kappa shape index (κ1) is 41.3. The molecule has 0 aromatic heterocycles. The van der Waals surface area contributed by atoms with Crippen molar-refractivity contribution in [1.29, 1.82) is 0 Å². The molecule has 6 aromatic rings. The Labute approximate surface area is 351 Å². The van der Waals surface area contributed by atoms with Gasteiger partial charge in [0.25, 0.3) is 0 Å². The molecule has 0 amide bonds. The number of ether oxygens (including phenoxy) is 7. The van der Waals surface area contributed by atoms with Crippen LogP contribution in [0.1, 0.15) is 51.4 Å². The van der Waals surface area contributed by atoms with E-state index in [9.17, 15) is 5.11 Å². The van der Waals surface area contributed by atoms with Gasteiger partial charge in [-0.05, 0) is 70.1 Å². The number of benzene rings is 6. The molecule has 8 rings (SSSR count). The minimum Gasteiger partial charge on any atom is -0.493 e. The summed E-state index contributed by atoms with van der Waals surface area (Å²) >= 11 is 0. The van der Waals surface area contributed by atoms with E-state index in [-0.39, 0.29) is 32.2 Å². The second kappa shape index (κ2) is 19.8. The van der Waals surface area contributed by atoms with Crippen LogP contribution in [-0.2, 0) is 68.7 Å². The predicted octanol–water partition coefficient (Wildman–Crippen LogP) is 9.27. The lowest BCUT2D eigenvalue weighted by atomic mass is 9.85. The second-order valence-electron chi connectivity index (χ2n) is 15.2. The third-order valence-corrected chi connectivity index (χ3v) is 10.9. The van der Waals surface area contributed by atoms with Gasteiger partial charge in [-0.25, -0.2) is 4.39 Å². The fourth-order valence-electron chi connectivity index (χ4n) is 7.96. The molecular formula is C51H51FO8. The van der Waals surface area contributed by atoms with Crippen molar-refractivity contribution >= 4 is 0 Å². The SMILES string of the molecule is CCOc1ccc(Cc2cc(C3(O)O[C@H](COCc4ccccc4)[C@@H](OCc4ccccc4)[C@H](OCc4ccccc4)[C@H]3OCc3ccccc3)cc3c2OCC3)cc1F. The molecule has 310 valence electrons. The summed E-state index contributed by atoms with van der Waals surface area (Å²) in [5.74, 6) is -1.59. The number of fused-ring (bicyclic) bond motifs is 1. The topological polar surface area (TPSA) is 84.8 Å². The van der Waals surface area contributed by atoms with Gasteiger partial charge in [0.1, 0.15) is 30.2 Å². The van der Waals surface area contributed by atoms with E-state index in [1.807, 2.05) is 146 Å². The molecule has 2 aliphatic heterocycles. The minimum absolute atomic E-state index is 0.0830. The molecule has 5 atom stereocenters. The summed E-state index contributed by atoms with van der Waals surface area (Å²) in [5, 5.41) is 13.4. The van der Waals surface area contributed by atoms with Crippen molar-refractivity contribution in [2.24, 2.45) is 0 Å². The van der Waals surface area contributed by atoms with Gasteiger partial charge in [0, 0.05) is 18.4 Å². The molecule has 2 aliphatic rings. The molecule has 9 heteroatoms. The maximum absolute atomic E-state index is 15.2. The lowest BCUT2D eigenvalue weighted by molar-refractivity contribution is -0.378. The zero-order valence-electron chi connectivity index (χ0n) is 33.8. The quantitative estimate of drug-likeness (QED) is 0.0921. The Bertz CT molecular complexity index is 2260. The van der Waals surface area contributed by atoms with Crippen LogP contribution in [0.3, 0.4) is 0 Å². The Morgan fingerprint density at radius 3 is 1.80 bits per heavy atom. The second-order valence-corrected chi connectivity index (χ2v) is 15.2. The highest BCUT2D eigenvalue weighted by molar-refractivity contribution is 5.50. The van der Waals surface area contributed by atoms with E-state index >= 15 is 4.39 Å². The molecule has 0 bridgehead atoms. The molecule has 60 heavy (non-hydrogen) atoms. The number of rotatable bonds is 18. The van der Waals surface area contributed by atoms with E-state index in [4.69, 9.17) is 33.2 Å². The highest BCUT2D eigenvalue weighted by Gasteiger charge is 2.57. The van der Waals surface area contributed by atoms with Gasteiger partial charge in [0.15, 0.2) is 11.6 Å². The lowest BCUT2D eigenvalue weighted by Gasteiger charge is -2.50. The maximum Gasteiger partial charge on any atom is 0.222 e. The zero-order valence-corrected chi connectivity index (χ0v) is 33.8. The monoisotopic (exact) mass is 810 g/mol. The van der Waals surface area contributed by atoms with Crippen LogP contribution in [0.4, 0.5) is 4.39 Å². The van der Waals surface area contributed by atoms with E-state index in [2.05, 4.69) is 0 Å². The summed E-state index contributed by atoms with van der Waals surface area (Å²) in [6.07, 6.45) is -2.54. The Kier molecular flexibility index (Phi) is 13.6. The Morgan fingerprint density at radius 1 is 0.650 bits per heavy atom. The van der Waals surface area contributed by atoms with E-state index in [0.29, 0.717) is 38.2 Å². The van der Waals surface area contributed by atoms with Crippen LogP contribution < -0.4 is 9.47 Å². The van der Waals surface area contributed by atoms with E-state index in [0.717, 1.165) is 44.7 Å². The van der Waals surface area contributed by atoms with Crippen molar-refractivity contribution in [1.82, 2.24) is 0 Å². The predicted molar refractivity (Wildman–Crippen MR) is 226 cm³/mol. The number of halogens is 1. The van der Waals surface area contributed by atoms with Crippen molar-refractivity contribution in [3.05, 3.63) is 202 Å². The van der Waals surface area contributed by atoms with Crippen molar-refractivity contribution < 1.29 is 42.7 Å². The van der Waals surface area contributed by atoms with Crippen molar-refractivity contribution in [3.8, 4) is 11.5 Å². The van der Waals surface area contributed by atoms with Crippen LogP contribution in [0.25, 0.3) is 0 Å². The summed E-state index contributed by atoms with van der Waals surface area (Å²) in [6, 6.07) is 48.4. The van der Waals surface area contributed by atoms with Gasteiger partial charge < -0.3 is 38.3 Å². The average molecular weight is 811 g/mol. The molecule has 0 radical (unpaired) electrons. The number of hydrogen-bond donors (Lipinski definition) is 1. The smallest absolute Gasteiger partial charge is 0.222 e. The first-order valence-electron chi connectivity index (χ1n) is 20.7. The molecule has 1 unspecified atom stereocenters. The largest absolute Gasteiger partial charge is 0.493 e. The van der Waals surface area contributed by atoms with Gasteiger partial charge >= 0.3 is 0 Å². The molecule has 6 aromatic carbocycles. The maximum atomic E-state index is 15.2. The van der Waals surface area contributed by atoms with Gasteiger partial charge in [0.2, 0.25) is 5.79 Å². The minimum atomic E-state index is -2.07. The zero-order chi connectivity index (χ0) is 41.2. The summed E-state index contributed by atoms with van der Waals surface area (Å²) in [4.78, 5) is 0. The van der Waals surface area contributed by atoms with Gasteiger partial charge in [-0.2, -0.15) is 0 Å². The molecule has 1 saturated heterocycles. The van der Waals surface area contributed by atoms with Gasteiger partial charge in [-0.15, -0.1) is 0 Å². The van der Waals surface area contributed by atoms with Gasteiger partial charge in [0.05, 0.1) is 46.2 Å². The molecule has 1 N–H and O–H groups in total. The summed E-state index contributed by atoms with van der Waals surface area (Å²) < 4.78 is 60.8. The summed E-state index contributed by atoms with van der Waals surface area (Å²) in [6.45, 7) is 3.72. The van der Waals surface area contributed by atoms with Crippen LogP contribution in [0.5, 0.6) is 11.5 Å². The number of hydrogen-bond acceptors (Lipinski definition) is 8. The molecular weight excluding hydrogens is 760 g/mol. The Hall–Kier alpha value is -5.39. The lowest BCUT2D eigenvalue weighted by Crippen LogP contribution is -2.65. The van der Waals surface area contributed by atoms with Crippen molar-refractivity contribution in [3.63, 3.8) is 0 Å². The molecule has 8 nitrogen and oxygen atoms in total. The number of aliphatic hydroxyl groups is 1. The normalized spacial score (nSPS) is 21.0. The fourth-order valence-corrected chi connectivity index (χ4v) is 7.96. The first-order valence-corrected chi connectivity index (χ1v) is 20.7. The third-order valence-electron chi connectivity index (χ3n) is 10.9. The van der Waals surface area contributed by atoms with Crippen LogP contribution in [0, 0.1) is 5.82 Å². The highest BCUT2D eigenvalue weighted by Crippen LogP contribution is 2.45. The molecule has 0 aliphatic carbocycles. The highest BCUT2D eigenvalue weighted by atomic mass is 19.1. The van der Waals surface area contributed by atoms with Crippen molar-refractivity contribution in [2.45, 2.75) is 76.4 Å². The van der Waals surface area contributed by atoms with Crippen LogP contribution in [0.2, 0.25) is 0 Å². The van der Waals surface area contributed by atoms with E-state index in [1.54, 1.807) is 6.07 Å². The van der Waals surface area contributed by atoms with Gasteiger partial charge in [-0.1, -0.05) is 127 Å². The molecule has 1 fully saturated rings. The van der Waals surface area contributed by atoms with Gasteiger partial charge in [-0.3, -0.25) is 0 Å².